The molecule has 0 aliphatic rings. The van der Waals surface area contributed by atoms with Gasteiger partial charge in [-0.15, -0.1) is 0 Å². The molecule has 0 aromatic heterocycles. The topological polar surface area (TPSA) is 46.4 Å². The smallest absolute Gasteiger partial charge is 0.293 e. The number of nitro benzene ring substituents is 1. The number of nitrogens with zero attached hydrogens (tertiary/aromatic N) is 2. The molecule has 5 heteroatoms. The van der Waals surface area contributed by atoms with Gasteiger partial charge in [0.1, 0.15) is 5.69 Å². The first-order valence-electron chi connectivity index (χ1n) is 4.21. The average molecular weight is 259 g/mol. The number of halogens is 1. The van der Waals surface area contributed by atoms with Gasteiger partial charge in [-0.2, -0.15) is 0 Å². The van der Waals surface area contributed by atoms with Crippen LogP contribution in [0.3, 0.4) is 0 Å². The van der Waals surface area contributed by atoms with Gasteiger partial charge in [0, 0.05) is 24.1 Å². The third-order valence-corrected chi connectivity index (χ3v) is 2.51. The van der Waals surface area contributed by atoms with Gasteiger partial charge in [0.25, 0.3) is 5.69 Å². The molecule has 0 saturated carbocycles. The molecule has 0 amide bonds. The fourth-order valence-corrected chi connectivity index (χ4v) is 1.48. The molecule has 0 unspecified atom stereocenters. The zero-order valence-electron chi connectivity index (χ0n) is 8.03. The summed E-state index contributed by atoms with van der Waals surface area (Å²) in [6.07, 6.45) is 0. The molecule has 14 heavy (non-hydrogen) atoms. The predicted molar refractivity (Wildman–Crippen MR) is 59.7 cm³/mol. The van der Waals surface area contributed by atoms with Crippen molar-refractivity contribution in [3.8, 4) is 0 Å². The Morgan fingerprint density at radius 1 is 1.57 bits per heavy atom. The number of nitro groups is 1. The van der Waals surface area contributed by atoms with Crippen LogP contribution in [0.2, 0.25) is 0 Å². The number of hydrogen-bond acceptors (Lipinski definition) is 3. The van der Waals surface area contributed by atoms with E-state index in [1.807, 2.05) is 18.9 Å². The van der Waals surface area contributed by atoms with E-state index in [-0.39, 0.29) is 10.6 Å². The quantitative estimate of drug-likeness (QED) is 0.619. The van der Waals surface area contributed by atoms with E-state index in [9.17, 15) is 10.1 Å². The maximum Gasteiger partial charge on any atom is 0.293 e. The zero-order valence-corrected chi connectivity index (χ0v) is 9.61. The molecule has 4 nitrogen and oxygen atoms in total. The molecular formula is C9H11BrN2O2. The summed E-state index contributed by atoms with van der Waals surface area (Å²) in [7, 11) is 1.83. The second-order valence-corrected chi connectivity index (χ2v) is 3.82. The molecule has 1 aromatic carbocycles. The highest BCUT2D eigenvalue weighted by atomic mass is 79.9. The number of anilines is 1. The van der Waals surface area contributed by atoms with Crippen molar-refractivity contribution in [3.63, 3.8) is 0 Å². The minimum absolute atomic E-state index is 0.128. The van der Waals surface area contributed by atoms with Gasteiger partial charge in [-0.25, -0.2) is 0 Å². The highest BCUT2D eigenvalue weighted by molar-refractivity contribution is 9.10. The summed E-state index contributed by atoms with van der Waals surface area (Å²) < 4.78 is 0.720. The minimum atomic E-state index is -0.369. The van der Waals surface area contributed by atoms with Gasteiger partial charge >= 0.3 is 0 Å². The largest absolute Gasteiger partial charge is 0.369 e. The minimum Gasteiger partial charge on any atom is -0.369 e. The van der Waals surface area contributed by atoms with Crippen molar-refractivity contribution in [2.45, 2.75) is 6.92 Å². The molecule has 0 aliphatic heterocycles. The second-order valence-electron chi connectivity index (χ2n) is 2.90. The van der Waals surface area contributed by atoms with Gasteiger partial charge in [-0.1, -0.05) is 15.9 Å². The zero-order chi connectivity index (χ0) is 10.7. The van der Waals surface area contributed by atoms with E-state index < -0.39 is 0 Å². The van der Waals surface area contributed by atoms with Gasteiger partial charge in [0.2, 0.25) is 0 Å². The molecule has 0 aliphatic carbocycles. The van der Waals surface area contributed by atoms with Crippen molar-refractivity contribution in [2.24, 2.45) is 0 Å². The summed E-state index contributed by atoms with van der Waals surface area (Å²) >= 11 is 3.21. The Hall–Kier alpha value is -1.10. The molecule has 0 spiro atoms. The fraction of sp³-hybridized carbons (Fsp3) is 0.333. The molecule has 76 valence electrons. The summed E-state index contributed by atoms with van der Waals surface area (Å²) in [5.74, 6) is 0. The van der Waals surface area contributed by atoms with Crippen LogP contribution in [-0.4, -0.2) is 18.5 Å². The third kappa shape index (κ3) is 2.23. The van der Waals surface area contributed by atoms with E-state index in [2.05, 4.69) is 15.9 Å². The Bertz CT molecular complexity index is 355. The summed E-state index contributed by atoms with van der Waals surface area (Å²) in [5.41, 5.74) is 0.768. The van der Waals surface area contributed by atoms with Crippen molar-refractivity contribution in [1.82, 2.24) is 0 Å². The summed E-state index contributed by atoms with van der Waals surface area (Å²) in [6.45, 7) is 2.69. The van der Waals surface area contributed by atoms with Crippen molar-refractivity contribution in [1.29, 1.82) is 0 Å². The standard InChI is InChI=1S/C9H11BrN2O2/c1-3-11(2)8-5-4-7(10)6-9(8)12(13)14/h4-6H,3H2,1-2H3. The number of hydrogen-bond donors (Lipinski definition) is 0. The van der Waals surface area contributed by atoms with Gasteiger partial charge in [0.15, 0.2) is 0 Å². The van der Waals surface area contributed by atoms with Crippen molar-refractivity contribution in [2.75, 3.05) is 18.5 Å². The van der Waals surface area contributed by atoms with Crippen LogP contribution in [0.15, 0.2) is 22.7 Å². The highest BCUT2D eigenvalue weighted by Crippen LogP contribution is 2.30. The maximum absolute atomic E-state index is 10.8. The molecule has 1 rings (SSSR count). The average Bonchev–Trinajstić information content (AvgIpc) is 2.16. The monoisotopic (exact) mass is 258 g/mol. The van der Waals surface area contributed by atoms with Gasteiger partial charge in [-0.3, -0.25) is 10.1 Å². The van der Waals surface area contributed by atoms with Crippen LogP contribution in [0.5, 0.6) is 0 Å². The van der Waals surface area contributed by atoms with Crippen LogP contribution in [0, 0.1) is 10.1 Å². The lowest BCUT2D eigenvalue weighted by molar-refractivity contribution is -0.384. The Morgan fingerprint density at radius 3 is 2.71 bits per heavy atom. The Morgan fingerprint density at radius 2 is 2.21 bits per heavy atom. The SMILES string of the molecule is CCN(C)c1ccc(Br)cc1[N+](=O)[O-]. The summed E-state index contributed by atoms with van der Waals surface area (Å²) in [4.78, 5) is 12.2. The van der Waals surface area contributed by atoms with Crippen LogP contribution in [0.1, 0.15) is 6.92 Å². The van der Waals surface area contributed by atoms with E-state index in [4.69, 9.17) is 0 Å². The fourth-order valence-electron chi connectivity index (χ4n) is 1.14. The lowest BCUT2D eigenvalue weighted by atomic mass is 10.2. The van der Waals surface area contributed by atoms with Crippen LogP contribution < -0.4 is 4.90 Å². The molecule has 0 atom stereocenters. The van der Waals surface area contributed by atoms with Crippen LogP contribution in [0.4, 0.5) is 11.4 Å². The summed E-state index contributed by atoms with van der Waals surface area (Å²) in [6, 6.07) is 5.06. The van der Waals surface area contributed by atoms with E-state index >= 15 is 0 Å². The molecule has 0 fully saturated rings. The molecule has 0 N–H and O–H groups in total. The van der Waals surface area contributed by atoms with E-state index in [0.717, 1.165) is 11.0 Å². The van der Waals surface area contributed by atoms with Crippen LogP contribution in [-0.2, 0) is 0 Å². The summed E-state index contributed by atoms with van der Waals surface area (Å²) in [5, 5.41) is 10.8. The molecule has 1 aromatic rings. The Balaban J connectivity index is 3.21. The number of rotatable bonds is 3. The molecule has 0 heterocycles. The molecule has 0 radical (unpaired) electrons. The third-order valence-electron chi connectivity index (χ3n) is 2.02. The highest BCUT2D eigenvalue weighted by Gasteiger charge is 2.16. The Labute approximate surface area is 90.8 Å². The van der Waals surface area contributed by atoms with E-state index in [0.29, 0.717) is 5.69 Å². The van der Waals surface area contributed by atoms with Gasteiger partial charge < -0.3 is 4.90 Å². The molecule has 0 bridgehead atoms. The molecular weight excluding hydrogens is 248 g/mol. The van der Waals surface area contributed by atoms with Gasteiger partial charge in [0.05, 0.1) is 4.92 Å². The van der Waals surface area contributed by atoms with Crippen molar-refractivity contribution < 1.29 is 4.92 Å². The first kappa shape index (κ1) is 11.0. The van der Waals surface area contributed by atoms with Crippen molar-refractivity contribution >= 4 is 27.3 Å². The normalized spacial score (nSPS) is 9.93. The molecule has 0 saturated heterocycles. The Kier molecular flexibility index (Phi) is 3.46. The van der Waals surface area contributed by atoms with Crippen LogP contribution >= 0.6 is 15.9 Å². The maximum atomic E-state index is 10.8. The lowest BCUT2D eigenvalue weighted by Gasteiger charge is -2.16. The van der Waals surface area contributed by atoms with Crippen molar-refractivity contribution in [3.05, 3.63) is 32.8 Å². The van der Waals surface area contributed by atoms with Crippen LogP contribution in [0.25, 0.3) is 0 Å². The van der Waals surface area contributed by atoms with Gasteiger partial charge in [-0.05, 0) is 19.1 Å². The second kappa shape index (κ2) is 4.41. The van der Waals surface area contributed by atoms with E-state index in [1.165, 1.54) is 6.07 Å². The van der Waals surface area contributed by atoms with E-state index in [1.54, 1.807) is 12.1 Å². The predicted octanol–water partition coefficient (Wildman–Crippen LogP) is 2.81. The first-order valence-corrected chi connectivity index (χ1v) is 5.00. The lowest BCUT2D eigenvalue weighted by Crippen LogP contribution is -2.17. The first-order chi connectivity index (χ1) is 6.56. The number of benzene rings is 1.